The highest BCUT2D eigenvalue weighted by molar-refractivity contribution is 6.32. The Hall–Kier alpha value is -1.77. The summed E-state index contributed by atoms with van der Waals surface area (Å²) in [7, 11) is 0. The lowest BCUT2D eigenvalue weighted by molar-refractivity contribution is -0.143. The summed E-state index contributed by atoms with van der Waals surface area (Å²) in [5, 5.41) is 5.63. The van der Waals surface area contributed by atoms with Gasteiger partial charge in [0.1, 0.15) is 11.6 Å². The minimum atomic E-state index is -4.58. The van der Waals surface area contributed by atoms with Gasteiger partial charge in [-0.05, 0) is 6.92 Å². The monoisotopic (exact) mass is 312 g/mol. The topological polar surface area (TPSA) is 90.0 Å². The number of nitrogens with two attached hydrogens (primary N) is 1. The van der Waals surface area contributed by atoms with Gasteiger partial charge in [-0.15, -0.1) is 0 Å². The highest BCUT2D eigenvalue weighted by Gasteiger charge is 2.29. The highest BCUT2D eigenvalue weighted by Crippen LogP contribution is 2.19. The molecule has 0 saturated heterocycles. The largest absolute Gasteiger partial charge is 0.408 e. The standard InChI is InChI=1S/C10H12ClF3N4O2/c1-5(2-7(15)19)17-6-3-16-18(4-10(12,13)14)9(20)8(6)11/h3,5,17H,2,4H2,1H3,(H2,15,19). The van der Waals surface area contributed by atoms with Crippen molar-refractivity contribution in [2.75, 3.05) is 5.32 Å². The molecule has 1 heterocycles. The fraction of sp³-hybridized carbons (Fsp3) is 0.500. The minimum absolute atomic E-state index is 0.0258. The number of carbonyl (C=O) groups excluding carboxylic acids is 1. The number of halogens is 4. The number of aromatic nitrogens is 2. The molecule has 0 saturated carbocycles. The van der Waals surface area contributed by atoms with E-state index < -0.39 is 35.3 Å². The number of nitrogens with one attached hydrogen (secondary N) is 1. The Morgan fingerprint density at radius 2 is 2.20 bits per heavy atom. The zero-order valence-corrected chi connectivity index (χ0v) is 11.1. The molecule has 1 unspecified atom stereocenters. The summed E-state index contributed by atoms with van der Waals surface area (Å²) in [6.45, 7) is 0.0744. The van der Waals surface area contributed by atoms with Crippen molar-refractivity contribution < 1.29 is 18.0 Å². The van der Waals surface area contributed by atoms with Gasteiger partial charge in [-0.1, -0.05) is 11.6 Å². The maximum absolute atomic E-state index is 12.2. The van der Waals surface area contributed by atoms with Crippen LogP contribution in [0, 0.1) is 0 Å². The van der Waals surface area contributed by atoms with Gasteiger partial charge in [0.25, 0.3) is 5.56 Å². The smallest absolute Gasteiger partial charge is 0.379 e. The van der Waals surface area contributed by atoms with Gasteiger partial charge in [-0.2, -0.15) is 18.3 Å². The van der Waals surface area contributed by atoms with E-state index >= 15 is 0 Å². The Balaban J connectivity index is 2.95. The Morgan fingerprint density at radius 3 is 2.70 bits per heavy atom. The summed E-state index contributed by atoms with van der Waals surface area (Å²) in [5.74, 6) is -0.570. The molecule has 0 bridgehead atoms. The minimum Gasteiger partial charge on any atom is -0.379 e. The number of hydrogen-bond acceptors (Lipinski definition) is 4. The number of nitrogens with zero attached hydrogens (tertiary/aromatic N) is 2. The van der Waals surface area contributed by atoms with Crippen molar-refractivity contribution in [3.8, 4) is 0 Å². The average Bonchev–Trinajstić information content (AvgIpc) is 2.26. The van der Waals surface area contributed by atoms with E-state index in [1.54, 1.807) is 6.92 Å². The molecule has 1 amide bonds. The average molecular weight is 313 g/mol. The predicted octanol–water partition coefficient (Wildman–Crippen LogP) is 1.13. The van der Waals surface area contributed by atoms with Gasteiger partial charge in [-0.25, -0.2) is 4.68 Å². The normalized spacial score (nSPS) is 13.1. The number of alkyl halides is 3. The van der Waals surface area contributed by atoms with Crippen LogP contribution in [0.1, 0.15) is 13.3 Å². The molecule has 0 aromatic carbocycles. The summed E-state index contributed by atoms with van der Waals surface area (Å²) in [4.78, 5) is 22.3. The van der Waals surface area contributed by atoms with Crippen molar-refractivity contribution in [3.63, 3.8) is 0 Å². The van der Waals surface area contributed by atoms with E-state index in [1.165, 1.54) is 0 Å². The molecule has 0 spiro atoms. The molecule has 1 aromatic rings. The third-order valence-electron chi connectivity index (χ3n) is 2.22. The second-order valence-corrected chi connectivity index (χ2v) is 4.54. The second kappa shape index (κ2) is 6.12. The van der Waals surface area contributed by atoms with Gasteiger partial charge in [0, 0.05) is 12.5 Å². The lowest BCUT2D eigenvalue weighted by Crippen LogP contribution is -2.32. The van der Waals surface area contributed by atoms with Crippen molar-refractivity contribution in [2.24, 2.45) is 5.73 Å². The van der Waals surface area contributed by atoms with Gasteiger partial charge in [0.15, 0.2) is 0 Å². The van der Waals surface area contributed by atoms with E-state index in [-0.39, 0.29) is 16.8 Å². The van der Waals surface area contributed by atoms with Crippen molar-refractivity contribution in [1.29, 1.82) is 0 Å². The Labute approximate surface area is 116 Å². The molecule has 1 rings (SSSR count). The van der Waals surface area contributed by atoms with Crippen molar-refractivity contribution in [3.05, 3.63) is 21.6 Å². The van der Waals surface area contributed by atoms with Crippen molar-refractivity contribution >= 4 is 23.2 Å². The zero-order valence-electron chi connectivity index (χ0n) is 10.4. The van der Waals surface area contributed by atoms with Crippen LogP contribution in [-0.4, -0.2) is 27.9 Å². The molecule has 10 heteroatoms. The molecule has 0 aliphatic heterocycles. The number of hydrogen-bond donors (Lipinski definition) is 2. The Kier molecular flexibility index (Phi) is 4.98. The van der Waals surface area contributed by atoms with Gasteiger partial charge >= 0.3 is 6.18 Å². The molecule has 6 nitrogen and oxygen atoms in total. The van der Waals surface area contributed by atoms with E-state index in [0.29, 0.717) is 0 Å². The molecule has 0 aliphatic carbocycles. The zero-order chi connectivity index (χ0) is 15.5. The van der Waals surface area contributed by atoms with E-state index in [2.05, 4.69) is 10.4 Å². The summed E-state index contributed by atoms with van der Waals surface area (Å²) < 4.78 is 36.8. The van der Waals surface area contributed by atoms with Gasteiger partial charge in [-0.3, -0.25) is 9.59 Å². The van der Waals surface area contributed by atoms with E-state index in [4.69, 9.17) is 17.3 Å². The molecular formula is C10H12ClF3N4O2. The van der Waals surface area contributed by atoms with Gasteiger partial charge in [0.2, 0.25) is 5.91 Å². The van der Waals surface area contributed by atoms with Crippen molar-refractivity contribution in [2.45, 2.75) is 32.1 Å². The molecule has 1 aromatic heterocycles. The number of carbonyl (C=O) groups is 1. The molecule has 0 fully saturated rings. The fourth-order valence-corrected chi connectivity index (χ4v) is 1.67. The van der Waals surface area contributed by atoms with E-state index in [1.807, 2.05) is 0 Å². The van der Waals surface area contributed by atoms with Crippen LogP contribution in [0.25, 0.3) is 0 Å². The molecule has 1 atom stereocenters. The van der Waals surface area contributed by atoms with Gasteiger partial charge < -0.3 is 11.1 Å². The third-order valence-corrected chi connectivity index (χ3v) is 2.59. The van der Waals surface area contributed by atoms with E-state index in [0.717, 1.165) is 6.20 Å². The fourth-order valence-electron chi connectivity index (χ4n) is 1.47. The van der Waals surface area contributed by atoms with Crippen LogP contribution in [0.5, 0.6) is 0 Å². The first-order valence-corrected chi connectivity index (χ1v) is 5.85. The summed E-state index contributed by atoms with van der Waals surface area (Å²) in [5.41, 5.74) is 3.97. The number of primary amides is 1. The molecule has 3 N–H and O–H groups in total. The molecule has 112 valence electrons. The SMILES string of the molecule is CC(CC(N)=O)Nc1cnn(CC(F)(F)F)c(=O)c1Cl. The number of amides is 1. The third kappa shape index (κ3) is 4.72. The van der Waals surface area contributed by atoms with Crippen LogP contribution in [0.2, 0.25) is 5.02 Å². The maximum atomic E-state index is 12.2. The highest BCUT2D eigenvalue weighted by atomic mass is 35.5. The summed E-state index contributed by atoms with van der Waals surface area (Å²) >= 11 is 5.69. The van der Waals surface area contributed by atoms with Crippen LogP contribution in [0.4, 0.5) is 18.9 Å². The number of anilines is 1. The molecule has 20 heavy (non-hydrogen) atoms. The Morgan fingerprint density at radius 1 is 1.60 bits per heavy atom. The Bertz CT molecular complexity index is 558. The van der Waals surface area contributed by atoms with E-state index in [9.17, 15) is 22.8 Å². The first-order valence-electron chi connectivity index (χ1n) is 5.47. The van der Waals surface area contributed by atoms with Crippen LogP contribution in [0.3, 0.4) is 0 Å². The summed E-state index contributed by atoms with van der Waals surface area (Å²) in [6, 6.07) is -0.440. The quantitative estimate of drug-likeness (QED) is 0.853. The van der Waals surface area contributed by atoms with Gasteiger partial charge in [0.05, 0.1) is 11.9 Å². The van der Waals surface area contributed by atoms with Crippen molar-refractivity contribution in [1.82, 2.24) is 9.78 Å². The number of rotatable bonds is 5. The lowest BCUT2D eigenvalue weighted by atomic mass is 10.2. The van der Waals surface area contributed by atoms with Crippen LogP contribution in [0.15, 0.2) is 11.0 Å². The maximum Gasteiger partial charge on any atom is 0.408 e. The molecule has 0 aliphatic rings. The second-order valence-electron chi connectivity index (χ2n) is 4.17. The first-order chi connectivity index (χ1) is 9.10. The first kappa shape index (κ1) is 16.3. The van der Waals surface area contributed by atoms with Crippen LogP contribution >= 0.6 is 11.6 Å². The molecular weight excluding hydrogens is 301 g/mol. The van der Waals surface area contributed by atoms with Crippen LogP contribution in [-0.2, 0) is 11.3 Å². The molecule has 0 radical (unpaired) electrons. The lowest BCUT2D eigenvalue weighted by Gasteiger charge is -2.15. The predicted molar refractivity (Wildman–Crippen MR) is 66.5 cm³/mol. The van der Waals surface area contributed by atoms with Crippen LogP contribution < -0.4 is 16.6 Å². The summed E-state index contributed by atoms with van der Waals surface area (Å²) in [6.07, 6.45) is -3.61.